The van der Waals surface area contributed by atoms with Crippen LogP contribution in [0.2, 0.25) is 0 Å². The summed E-state index contributed by atoms with van der Waals surface area (Å²) in [5, 5.41) is 13.5. The van der Waals surface area contributed by atoms with E-state index in [2.05, 4.69) is 64.8 Å². The predicted octanol–water partition coefficient (Wildman–Crippen LogP) is 5.67. The second-order valence-corrected chi connectivity index (χ2v) is 10.4. The van der Waals surface area contributed by atoms with Crippen molar-refractivity contribution < 1.29 is 9.84 Å². The van der Waals surface area contributed by atoms with E-state index in [1.54, 1.807) is 12.1 Å². The topological polar surface area (TPSA) is 44.7 Å². The van der Waals surface area contributed by atoms with Gasteiger partial charge in [-0.05, 0) is 73.5 Å². The van der Waals surface area contributed by atoms with Crippen molar-refractivity contribution in [2.75, 3.05) is 37.7 Å². The van der Waals surface area contributed by atoms with Crippen LogP contribution in [-0.4, -0.2) is 37.9 Å². The van der Waals surface area contributed by atoms with Crippen molar-refractivity contribution in [2.45, 2.75) is 37.5 Å². The molecule has 3 heterocycles. The van der Waals surface area contributed by atoms with Gasteiger partial charge < -0.3 is 20.1 Å². The highest BCUT2D eigenvalue weighted by Crippen LogP contribution is 2.47. The van der Waals surface area contributed by atoms with Gasteiger partial charge in [0.2, 0.25) is 0 Å². The van der Waals surface area contributed by atoms with Crippen molar-refractivity contribution in [1.29, 1.82) is 0 Å². The third kappa shape index (κ3) is 4.05. The molecule has 2 fully saturated rings. The van der Waals surface area contributed by atoms with Crippen LogP contribution in [0.3, 0.4) is 0 Å². The number of phenols is 1. The number of rotatable bonds is 3. The second-order valence-electron chi connectivity index (χ2n) is 10.4. The smallest absolute Gasteiger partial charge is 0.126 e. The van der Waals surface area contributed by atoms with Gasteiger partial charge in [-0.3, -0.25) is 0 Å². The van der Waals surface area contributed by atoms with Crippen molar-refractivity contribution in [1.82, 2.24) is 5.32 Å². The first-order valence-electron chi connectivity index (χ1n) is 12.8. The minimum atomic E-state index is 0.195. The molecule has 0 saturated carbocycles. The van der Waals surface area contributed by atoms with Crippen LogP contribution in [0.25, 0.3) is 0 Å². The molecule has 2 N–H and O–H groups in total. The third-order valence-corrected chi connectivity index (χ3v) is 8.49. The number of nitrogens with zero attached hydrogens (tertiary/aromatic N) is 1. The fraction of sp³-hybridized carbons (Fsp3) is 0.400. The number of fused-ring (bicyclic) bond motifs is 1. The monoisotopic (exact) mass is 454 g/mol. The van der Waals surface area contributed by atoms with E-state index in [1.165, 1.54) is 55.6 Å². The quantitative estimate of drug-likeness (QED) is 0.535. The minimum Gasteiger partial charge on any atom is -0.508 e. The van der Waals surface area contributed by atoms with Crippen molar-refractivity contribution in [3.8, 4) is 11.5 Å². The van der Waals surface area contributed by atoms with E-state index in [0.717, 1.165) is 24.4 Å². The molecule has 1 unspecified atom stereocenters. The molecule has 0 aromatic heterocycles. The summed E-state index contributed by atoms with van der Waals surface area (Å²) in [5.74, 6) is 1.48. The Balaban J connectivity index is 1.27. The lowest BCUT2D eigenvalue weighted by Gasteiger charge is -2.45. The highest BCUT2D eigenvalue weighted by atomic mass is 16.5. The normalized spacial score (nSPS) is 23.8. The molecule has 2 atom stereocenters. The van der Waals surface area contributed by atoms with E-state index in [0.29, 0.717) is 12.0 Å². The van der Waals surface area contributed by atoms with E-state index >= 15 is 0 Å². The van der Waals surface area contributed by atoms with E-state index in [9.17, 15) is 5.11 Å². The molecule has 3 aromatic carbocycles. The summed E-state index contributed by atoms with van der Waals surface area (Å²) in [7, 11) is 0. The van der Waals surface area contributed by atoms with Crippen LogP contribution < -0.4 is 15.0 Å². The van der Waals surface area contributed by atoms with Gasteiger partial charge in [0.15, 0.2) is 0 Å². The molecule has 0 bridgehead atoms. The van der Waals surface area contributed by atoms with Crippen LogP contribution in [0.5, 0.6) is 11.5 Å². The van der Waals surface area contributed by atoms with E-state index in [1.807, 2.05) is 6.07 Å². The molecule has 6 rings (SSSR count). The molecule has 0 radical (unpaired) electrons. The molecule has 0 amide bonds. The fourth-order valence-electron chi connectivity index (χ4n) is 6.39. The number of nitrogens with one attached hydrogen (secondary N) is 1. The summed E-state index contributed by atoms with van der Waals surface area (Å²) >= 11 is 0. The number of piperidine rings is 2. The zero-order chi connectivity index (χ0) is 23.0. The van der Waals surface area contributed by atoms with Crippen molar-refractivity contribution >= 4 is 5.69 Å². The summed E-state index contributed by atoms with van der Waals surface area (Å²) in [6.45, 7) is 5.29. The van der Waals surface area contributed by atoms with Crippen molar-refractivity contribution in [3.05, 3.63) is 89.5 Å². The maximum Gasteiger partial charge on any atom is 0.126 e. The first kappa shape index (κ1) is 21.5. The Morgan fingerprint density at radius 1 is 0.824 bits per heavy atom. The SMILES string of the molecule is Oc1ccc2c(c1)OCC(c1ccccc1)[C@@H]2c1ccc(N2CCC3(CCNCC3)CC2)cc1. The molecule has 4 heteroatoms. The van der Waals surface area contributed by atoms with Crippen LogP contribution in [-0.2, 0) is 0 Å². The Labute approximate surface area is 202 Å². The molecule has 34 heavy (non-hydrogen) atoms. The average Bonchev–Trinajstić information content (AvgIpc) is 2.89. The molecule has 4 nitrogen and oxygen atoms in total. The Morgan fingerprint density at radius 3 is 2.29 bits per heavy atom. The number of anilines is 1. The Kier molecular flexibility index (Phi) is 5.70. The maximum absolute atomic E-state index is 10.0. The summed E-state index contributed by atoms with van der Waals surface area (Å²) in [4.78, 5) is 2.57. The molecule has 3 aromatic rings. The van der Waals surface area contributed by atoms with E-state index in [-0.39, 0.29) is 17.6 Å². The molecule has 176 valence electrons. The summed E-state index contributed by atoms with van der Waals surface area (Å²) in [6, 6.07) is 25.5. The van der Waals surface area contributed by atoms with Gasteiger partial charge in [0.25, 0.3) is 0 Å². The van der Waals surface area contributed by atoms with Gasteiger partial charge in [-0.1, -0.05) is 48.5 Å². The lowest BCUT2D eigenvalue weighted by atomic mass is 9.71. The number of hydrogen-bond donors (Lipinski definition) is 2. The zero-order valence-electron chi connectivity index (χ0n) is 19.7. The molecular weight excluding hydrogens is 420 g/mol. The molecule has 0 aliphatic carbocycles. The van der Waals surface area contributed by atoms with Gasteiger partial charge >= 0.3 is 0 Å². The Hall–Kier alpha value is -2.98. The standard InChI is InChI=1S/C30H34N2O2/c33-25-10-11-26-28(20-25)34-21-27(22-4-2-1-3-5-22)29(26)23-6-8-24(9-7-23)32-18-14-30(15-19-32)12-16-31-17-13-30/h1-11,20,27,29,31,33H,12-19,21H2/t27?,29-/m1/s1. The van der Waals surface area contributed by atoms with Crippen LogP contribution >= 0.6 is 0 Å². The second kappa shape index (κ2) is 8.99. The lowest BCUT2D eigenvalue weighted by Crippen LogP contribution is -2.45. The van der Waals surface area contributed by atoms with Gasteiger partial charge in [-0.25, -0.2) is 0 Å². The van der Waals surface area contributed by atoms with Crippen LogP contribution in [0.4, 0.5) is 5.69 Å². The minimum absolute atomic E-state index is 0.195. The van der Waals surface area contributed by atoms with Crippen LogP contribution in [0.1, 0.15) is 54.2 Å². The van der Waals surface area contributed by atoms with E-state index in [4.69, 9.17) is 4.74 Å². The van der Waals surface area contributed by atoms with Gasteiger partial charge in [-0.15, -0.1) is 0 Å². The third-order valence-electron chi connectivity index (χ3n) is 8.49. The highest BCUT2D eigenvalue weighted by Gasteiger charge is 2.36. The van der Waals surface area contributed by atoms with Gasteiger partial charge in [-0.2, -0.15) is 0 Å². The first-order valence-corrected chi connectivity index (χ1v) is 12.8. The number of phenolic OH excluding ortho intramolecular Hbond substituents is 1. The maximum atomic E-state index is 10.0. The number of hydrogen-bond acceptors (Lipinski definition) is 4. The summed E-state index contributed by atoms with van der Waals surface area (Å²) < 4.78 is 6.12. The van der Waals surface area contributed by atoms with Crippen molar-refractivity contribution in [2.24, 2.45) is 5.41 Å². The first-order chi connectivity index (χ1) is 16.7. The van der Waals surface area contributed by atoms with Gasteiger partial charge in [0.05, 0.1) is 6.61 Å². The molecule has 1 spiro atoms. The zero-order valence-corrected chi connectivity index (χ0v) is 19.7. The lowest BCUT2D eigenvalue weighted by molar-refractivity contribution is 0.155. The average molecular weight is 455 g/mol. The molecule has 3 aliphatic rings. The predicted molar refractivity (Wildman–Crippen MR) is 137 cm³/mol. The number of ether oxygens (including phenoxy) is 1. The van der Waals surface area contributed by atoms with Crippen LogP contribution in [0.15, 0.2) is 72.8 Å². The largest absolute Gasteiger partial charge is 0.508 e. The summed E-state index contributed by atoms with van der Waals surface area (Å²) in [5.41, 5.74) is 5.65. The Bertz CT molecular complexity index is 1110. The highest BCUT2D eigenvalue weighted by molar-refractivity contribution is 5.54. The fourth-order valence-corrected chi connectivity index (χ4v) is 6.39. The Morgan fingerprint density at radius 2 is 1.56 bits per heavy atom. The number of aromatic hydroxyl groups is 1. The van der Waals surface area contributed by atoms with Gasteiger partial charge in [0, 0.05) is 42.2 Å². The molecule has 2 saturated heterocycles. The molecule has 3 aliphatic heterocycles. The van der Waals surface area contributed by atoms with E-state index < -0.39 is 0 Å². The van der Waals surface area contributed by atoms with Crippen molar-refractivity contribution in [3.63, 3.8) is 0 Å². The molecular formula is C30H34N2O2. The van der Waals surface area contributed by atoms with Crippen LogP contribution in [0, 0.1) is 5.41 Å². The van der Waals surface area contributed by atoms with Gasteiger partial charge in [0.1, 0.15) is 11.5 Å². The number of benzene rings is 3. The summed E-state index contributed by atoms with van der Waals surface area (Å²) in [6.07, 6.45) is 5.28.